The third-order valence-electron chi connectivity index (χ3n) is 4.05. The fraction of sp³-hybridized carbons (Fsp3) is 0.316. The fourth-order valence-electron chi connectivity index (χ4n) is 2.66. The predicted molar refractivity (Wildman–Crippen MR) is 100 cm³/mol. The molecule has 9 nitrogen and oxygen atoms in total. The van der Waals surface area contributed by atoms with E-state index in [0.717, 1.165) is 0 Å². The summed E-state index contributed by atoms with van der Waals surface area (Å²) in [5.41, 5.74) is 1.60. The van der Waals surface area contributed by atoms with Crippen LogP contribution < -0.4 is 14.8 Å². The largest absolute Gasteiger partial charge is 0.497 e. The minimum Gasteiger partial charge on any atom is -0.497 e. The Balaban J connectivity index is 2.06. The van der Waals surface area contributed by atoms with Gasteiger partial charge in [0.2, 0.25) is 0 Å². The Morgan fingerprint density at radius 1 is 1.04 bits per heavy atom. The highest BCUT2D eigenvalue weighted by Crippen LogP contribution is 2.28. The zero-order valence-corrected chi connectivity index (χ0v) is 16.3. The van der Waals surface area contributed by atoms with Crippen molar-refractivity contribution < 1.29 is 33.3 Å². The predicted octanol–water partition coefficient (Wildman–Crippen LogP) is 2.23. The molecule has 0 bridgehead atoms. The van der Waals surface area contributed by atoms with E-state index in [2.05, 4.69) is 10.3 Å². The molecule has 0 fully saturated rings. The first-order chi connectivity index (χ1) is 13.3. The highest BCUT2D eigenvalue weighted by atomic mass is 16.5. The van der Waals surface area contributed by atoms with Crippen molar-refractivity contribution in [2.75, 3.05) is 33.3 Å². The van der Waals surface area contributed by atoms with Crippen LogP contribution in [-0.4, -0.2) is 50.8 Å². The lowest BCUT2D eigenvalue weighted by Crippen LogP contribution is -2.21. The zero-order chi connectivity index (χ0) is 20.8. The summed E-state index contributed by atoms with van der Waals surface area (Å²) in [5.74, 6) is -0.925. The molecule has 9 heteroatoms. The number of anilines is 1. The molecule has 2 aromatic rings. The standard InChI is InChI=1S/C19H22N2O7/c1-10-16(18(23)27-5)11(2)20-17(10)19(24)28-9-15(22)21-13-8-12(25-3)6-7-14(13)26-4/h6-8,20H,9H2,1-5H3,(H,21,22). The van der Waals surface area contributed by atoms with Crippen molar-refractivity contribution in [3.05, 3.63) is 40.7 Å². The lowest BCUT2D eigenvalue weighted by molar-refractivity contribution is -0.119. The normalized spacial score (nSPS) is 10.2. The lowest BCUT2D eigenvalue weighted by atomic mass is 10.1. The van der Waals surface area contributed by atoms with Gasteiger partial charge in [-0.15, -0.1) is 0 Å². The monoisotopic (exact) mass is 390 g/mol. The molecule has 2 N–H and O–H groups in total. The number of H-pyrrole nitrogens is 1. The Kier molecular flexibility index (Phi) is 6.64. The third kappa shape index (κ3) is 4.43. The van der Waals surface area contributed by atoms with Gasteiger partial charge in [0, 0.05) is 11.8 Å². The van der Waals surface area contributed by atoms with E-state index < -0.39 is 24.5 Å². The molecule has 0 atom stereocenters. The van der Waals surface area contributed by atoms with Gasteiger partial charge < -0.3 is 29.2 Å². The maximum absolute atomic E-state index is 12.3. The van der Waals surface area contributed by atoms with Gasteiger partial charge in [-0.25, -0.2) is 9.59 Å². The van der Waals surface area contributed by atoms with E-state index in [4.69, 9.17) is 18.9 Å². The second-order valence-electron chi connectivity index (χ2n) is 5.81. The fourth-order valence-corrected chi connectivity index (χ4v) is 2.66. The number of carbonyl (C=O) groups excluding carboxylic acids is 3. The van der Waals surface area contributed by atoms with Crippen LogP contribution in [0.15, 0.2) is 18.2 Å². The number of hydrogen-bond acceptors (Lipinski definition) is 7. The van der Waals surface area contributed by atoms with Crippen LogP contribution in [0.3, 0.4) is 0 Å². The highest BCUT2D eigenvalue weighted by molar-refractivity contribution is 6.00. The molecule has 1 aromatic heterocycles. The van der Waals surface area contributed by atoms with Crippen molar-refractivity contribution in [1.29, 1.82) is 0 Å². The van der Waals surface area contributed by atoms with E-state index in [1.54, 1.807) is 32.0 Å². The molecule has 1 amide bonds. The first-order valence-corrected chi connectivity index (χ1v) is 8.28. The van der Waals surface area contributed by atoms with Gasteiger partial charge >= 0.3 is 11.9 Å². The third-order valence-corrected chi connectivity index (χ3v) is 4.05. The molecule has 0 saturated carbocycles. The number of benzene rings is 1. The van der Waals surface area contributed by atoms with Crippen LogP contribution in [0.5, 0.6) is 11.5 Å². The first kappa shape index (κ1) is 20.8. The molecule has 0 unspecified atom stereocenters. The summed E-state index contributed by atoms with van der Waals surface area (Å²) in [5, 5.41) is 2.60. The maximum Gasteiger partial charge on any atom is 0.355 e. The van der Waals surface area contributed by atoms with Crippen molar-refractivity contribution in [1.82, 2.24) is 4.98 Å². The van der Waals surface area contributed by atoms with Gasteiger partial charge in [-0.3, -0.25) is 4.79 Å². The molecule has 150 valence electrons. The summed E-state index contributed by atoms with van der Waals surface area (Å²) >= 11 is 0. The molecular formula is C19H22N2O7. The van der Waals surface area contributed by atoms with Crippen LogP contribution in [0.4, 0.5) is 5.69 Å². The molecule has 0 aliphatic carbocycles. The second-order valence-corrected chi connectivity index (χ2v) is 5.81. The van der Waals surface area contributed by atoms with Gasteiger partial charge in [0.25, 0.3) is 5.91 Å². The van der Waals surface area contributed by atoms with Crippen molar-refractivity contribution in [3.8, 4) is 11.5 Å². The van der Waals surface area contributed by atoms with Crippen LogP contribution in [0, 0.1) is 13.8 Å². The number of esters is 2. The van der Waals surface area contributed by atoms with Crippen molar-refractivity contribution >= 4 is 23.5 Å². The SMILES string of the molecule is COC(=O)c1c(C)[nH]c(C(=O)OCC(=O)Nc2cc(OC)ccc2OC)c1C. The summed E-state index contributed by atoms with van der Waals surface area (Å²) < 4.78 is 20.0. The van der Waals surface area contributed by atoms with Crippen LogP contribution in [0.2, 0.25) is 0 Å². The van der Waals surface area contributed by atoms with E-state index in [1.165, 1.54) is 21.3 Å². The second kappa shape index (κ2) is 8.94. The molecule has 0 radical (unpaired) electrons. The summed E-state index contributed by atoms with van der Waals surface area (Å²) in [6.07, 6.45) is 0. The van der Waals surface area contributed by atoms with Crippen molar-refractivity contribution in [3.63, 3.8) is 0 Å². The number of amides is 1. The Morgan fingerprint density at radius 2 is 1.75 bits per heavy atom. The van der Waals surface area contributed by atoms with Gasteiger partial charge in [0.05, 0.1) is 32.6 Å². The topological polar surface area (TPSA) is 116 Å². The number of hydrogen-bond donors (Lipinski definition) is 2. The van der Waals surface area contributed by atoms with E-state index in [0.29, 0.717) is 28.4 Å². The average Bonchev–Trinajstić information content (AvgIpc) is 2.99. The summed E-state index contributed by atoms with van der Waals surface area (Å²) in [7, 11) is 4.22. The van der Waals surface area contributed by atoms with Crippen molar-refractivity contribution in [2.45, 2.75) is 13.8 Å². The lowest BCUT2D eigenvalue weighted by Gasteiger charge is -2.12. The average molecular weight is 390 g/mol. The van der Waals surface area contributed by atoms with Gasteiger partial charge in [-0.05, 0) is 31.5 Å². The molecule has 0 saturated heterocycles. The number of methoxy groups -OCH3 is 3. The van der Waals surface area contributed by atoms with E-state index in [9.17, 15) is 14.4 Å². The van der Waals surface area contributed by atoms with Gasteiger partial charge in [0.15, 0.2) is 6.61 Å². The minimum absolute atomic E-state index is 0.0876. The van der Waals surface area contributed by atoms with Crippen molar-refractivity contribution in [2.24, 2.45) is 0 Å². The maximum atomic E-state index is 12.3. The van der Waals surface area contributed by atoms with Gasteiger partial charge in [-0.1, -0.05) is 0 Å². The van der Waals surface area contributed by atoms with Crippen LogP contribution in [0.25, 0.3) is 0 Å². The number of nitrogens with one attached hydrogen (secondary N) is 2. The number of carbonyl (C=O) groups is 3. The van der Waals surface area contributed by atoms with E-state index >= 15 is 0 Å². The minimum atomic E-state index is -0.761. The Hall–Kier alpha value is -3.49. The highest BCUT2D eigenvalue weighted by Gasteiger charge is 2.24. The molecule has 1 heterocycles. The summed E-state index contributed by atoms with van der Waals surface area (Å²) in [6.45, 7) is 2.70. The zero-order valence-electron chi connectivity index (χ0n) is 16.3. The number of ether oxygens (including phenoxy) is 4. The Labute approximate surface area is 161 Å². The number of aryl methyl sites for hydroxylation is 1. The summed E-state index contributed by atoms with van der Waals surface area (Å²) in [4.78, 5) is 39.0. The first-order valence-electron chi connectivity index (χ1n) is 8.28. The molecule has 0 aliphatic rings. The smallest absolute Gasteiger partial charge is 0.355 e. The molecule has 28 heavy (non-hydrogen) atoms. The molecular weight excluding hydrogens is 368 g/mol. The Bertz CT molecular complexity index is 902. The Morgan fingerprint density at radius 3 is 2.36 bits per heavy atom. The summed E-state index contributed by atoms with van der Waals surface area (Å²) in [6, 6.07) is 4.91. The van der Waals surface area contributed by atoms with Crippen LogP contribution >= 0.6 is 0 Å². The molecule has 0 spiro atoms. The quantitative estimate of drug-likeness (QED) is 0.697. The number of aromatic amines is 1. The van der Waals surface area contributed by atoms with Gasteiger partial charge in [-0.2, -0.15) is 0 Å². The molecule has 1 aromatic carbocycles. The van der Waals surface area contributed by atoms with Crippen LogP contribution in [-0.2, 0) is 14.3 Å². The molecule has 2 rings (SSSR count). The molecule has 0 aliphatic heterocycles. The van der Waals surface area contributed by atoms with Crippen LogP contribution in [0.1, 0.15) is 32.1 Å². The number of aromatic nitrogens is 1. The number of rotatable bonds is 7. The van der Waals surface area contributed by atoms with Gasteiger partial charge in [0.1, 0.15) is 17.2 Å². The van der Waals surface area contributed by atoms with E-state index in [-0.39, 0.29) is 11.3 Å². The van der Waals surface area contributed by atoms with E-state index in [1.807, 2.05) is 0 Å².